The molecule has 3 heteroatoms. The standard InChI is InChI=1S/C15H22ClNO/c1-4-7-17-15(12-8-10(12)2)13-9-11(16)5-6-14(13)18-3/h5-6,9-10,12,15,17H,4,7-8H2,1-3H3. The van der Waals surface area contributed by atoms with Crippen molar-refractivity contribution in [1.29, 1.82) is 0 Å². The van der Waals surface area contributed by atoms with Crippen LogP contribution in [0.4, 0.5) is 0 Å². The van der Waals surface area contributed by atoms with Gasteiger partial charge in [0, 0.05) is 16.6 Å². The fourth-order valence-electron chi connectivity index (χ4n) is 2.56. The summed E-state index contributed by atoms with van der Waals surface area (Å²) in [5.41, 5.74) is 1.20. The van der Waals surface area contributed by atoms with Gasteiger partial charge in [0.15, 0.2) is 0 Å². The van der Waals surface area contributed by atoms with Gasteiger partial charge in [-0.1, -0.05) is 25.4 Å². The minimum Gasteiger partial charge on any atom is -0.496 e. The highest BCUT2D eigenvalue weighted by atomic mass is 35.5. The number of rotatable bonds is 6. The number of hydrogen-bond donors (Lipinski definition) is 1. The summed E-state index contributed by atoms with van der Waals surface area (Å²) in [6.45, 7) is 5.53. The maximum atomic E-state index is 6.13. The topological polar surface area (TPSA) is 21.3 Å². The molecule has 1 aliphatic rings. The van der Waals surface area contributed by atoms with Crippen molar-refractivity contribution in [3.63, 3.8) is 0 Å². The first-order chi connectivity index (χ1) is 8.67. The van der Waals surface area contributed by atoms with Crippen LogP contribution in [0.25, 0.3) is 0 Å². The summed E-state index contributed by atoms with van der Waals surface area (Å²) in [5, 5.41) is 4.42. The molecule has 1 saturated carbocycles. The van der Waals surface area contributed by atoms with Crippen LogP contribution in [0.3, 0.4) is 0 Å². The smallest absolute Gasteiger partial charge is 0.123 e. The average molecular weight is 268 g/mol. The van der Waals surface area contributed by atoms with Crippen molar-refractivity contribution in [2.75, 3.05) is 13.7 Å². The molecule has 3 unspecified atom stereocenters. The predicted octanol–water partition coefficient (Wildman–Crippen LogP) is 4.05. The van der Waals surface area contributed by atoms with Gasteiger partial charge in [0.1, 0.15) is 5.75 Å². The van der Waals surface area contributed by atoms with Crippen molar-refractivity contribution in [2.24, 2.45) is 11.8 Å². The first-order valence-corrected chi connectivity index (χ1v) is 7.12. The van der Waals surface area contributed by atoms with Crippen LogP contribution in [0, 0.1) is 11.8 Å². The lowest BCUT2D eigenvalue weighted by Crippen LogP contribution is -2.25. The van der Waals surface area contributed by atoms with Crippen LogP contribution in [0.2, 0.25) is 5.02 Å². The zero-order valence-electron chi connectivity index (χ0n) is 11.4. The Balaban J connectivity index is 2.25. The number of nitrogens with one attached hydrogen (secondary N) is 1. The highest BCUT2D eigenvalue weighted by Crippen LogP contribution is 2.49. The van der Waals surface area contributed by atoms with Crippen molar-refractivity contribution in [1.82, 2.24) is 5.32 Å². The van der Waals surface area contributed by atoms with E-state index in [1.807, 2.05) is 18.2 Å². The molecule has 0 aromatic heterocycles. The third-order valence-electron chi connectivity index (χ3n) is 3.74. The van der Waals surface area contributed by atoms with Crippen LogP contribution in [0.1, 0.15) is 38.3 Å². The molecule has 1 N–H and O–H groups in total. The van der Waals surface area contributed by atoms with Gasteiger partial charge in [-0.05, 0) is 49.4 Å². The highest BCUT2D eigenvalue weighted by Gasteiger charge is 2.40. The first kappa shape index (κ1) is 13.7. The molecule has 0 saturated heterocycles. The minimum atomic E-state index is 0.369. The van der Waals surface area contributed by atoms with E-state index in [1.54, 1.807) is 7.11 Å². The Kier molecular flexibility index (Phi) is 4.52. The van der Waals surface area contributed by atoms with Gasteiger partial charge in [-0.25, -0.2) is 0 Å². The summed E-state index contributed by atoms with van der Waals surface area (Å²) in [4.78, 5) is 0. The van der Waals surface area contributed by atoms with Crippen molar-refractivity contribution in [3.05, 3.63) is 28.8 Å². The molecule has 0 bridgehead atoms. The molecule has 0 spiro atoms. The van der Waals surface area contributed by atoms with Crippen molar-refractivity contribution >= 4 is 11.6 Å². The molecule has 0 heterocycles. The van der Waals surface area contributed by atoms with E-state index in [-0.39, 0.29) is 0 Å². The maximum Gasteiger partial charge on any atom is 0.123 e. The fourth-order valence-corrected chi connectivity index (χ4v) is 2.74. The van der Waals surface area contributed by atoms with Gasteiger partial charge < -0.3 is 10.1 Å². The monoisotopic (exact) mass is 267 g/mol. The Morgan fingerprint density at radius 2 is 2.22 bits per heavy atom. The summed E-state index contributed by atoms with van der Waals surface area (Å²) >= 11 is 6.13. The number of ether oxygens (including phenoxy) is 1. The van der Waals surface area contributed by atoms with Crippen LogP contribution >= 0.6 is 11.6 Å². The average Bonchev–Trinajstić information content (AvgIpc) is 3.07. The highest BCUT2D eigenvalue weighted by molar-refractivity contribution is 6.30. The van der Waals surface area contributed by atoms with Crippen LogP contribution in [0.5, 0.6) is 5.75 Å². The molecule has 0 amide bonds. The van der Waals surface area contributed by atoms with Crippen molar-refractivity contribution < 1.29 is 4.74 Å². The number of methoxy groups -OCH3 is 1. The van der Waals surface area contributed by atoms with Crippen molar-refractivity contribution in [3.8, 4) is 5.75 Å². The molecule has 1 fully saturated rings. The lowest BCUT2D eigenvalue weighted by Gasteiger charge is -2.21. The molecule has 1 aliphatic carbocycles. The van der Waals surface area contributed by atoms with Gasteiger partial charge in [0.25, 0.3) is 0 Å². The van der Waals surface area contributed by atoms with Crippen LogP contribution in [-0.4, -0.2) is 13.7 Å². The number of benzene rings is 1. The maximum absolute atomic E-state index is 6.13. The Hall–Kier alpha value is -0.730. The second kappa shape index (κ2) is 5.94. The zero-order valence-corrected chi connectivity index (χ0v) is 12.1. The molecule has 1 aromatic rings. The van der Waals surface area contributed by atoms with Crippen LogP contribution in [-0.2, 0) is 0 Å². The summed E-state index contributed by atoms with van der Waals surface area (Å²) in [5.74, 6) is 2.44. The lowest BCUT2D eigenvalue weighted by atomic mass is 10.00. The van der Waals surface area contributed by atoms with Gasteiger partial charge >= 0.3 is 0 Å². The van der Waals surface area contributed by atoms with E-state index in [0.717, 1.165) is 29.7 Å². The molecule has 0 radical (unpaired) electrons. The van der Waals surface area contributed by atoms with E-state index < -0.39 is 0 Å². The molecule has 0 aliphatic heterocycles. The summed E-state index contributed by atoms with van der Waals surface area (Å²) in [6.07, 6.45) is 2.43. The molecule has 2 rings (SSSR count). The SMILES string of the molecule is CCCNC(c1cc(Cl)ccc1OC)C1CC1C. The molecule has 3 atom stereocenters. The number of hydrogen-bond acceptors (Lipinski definition) is 2. The van der Waals surface area contributed by atoms with Gasteiger partial charge in [0.2, 0.25) is 0 Å². The third-order valence-corrected chi connectivity index (χ3v) is 3.98. The van der Waals surface area contributed by atoms with E-state index in [4.69, 9.17) is 16.3 Å². The van der Waals surface area contributed by atoms with E-state index in [1.165, 1.54) is 12.0 Å². The quantitative estimate of drug-likeness (QED) is 0.840. The Labute approximate surface area is 115 Å². The predicted molar refractivity (Wildman–Crippen MR) is 76.3 cm³/mol. The molecule has 18 heavy (non-hydrogen) atoms. The first-order valence-electron chi connectivity index (χ1n) is 6.74. The third kappa shape index (κ3) is 2.99. The zero-order chi connectivity index (χ0) is 13.1. The molecule has 2 nitrogen and oxygen atoms in total. The van der Waals surface area contributed by atoms with Gasteiger partial charge in [-0.15, -0.1) is 0 Å². The Morgan fingerprint density at radius 1 is 1.50 bits per heavy atom. The van der Waals surface area contributed by atoms with E-state index in [9.17, 15) is 0 Å². The van der Waals surface area contributed by atoms with Crippen LogP contribution in [0.15, 0.2) is 18.2 Å². The van der Waals surface area contributed by atoms with E-state index in [2.05, 4.69) is 19.2 Å². The number of halogens is 1. The molecule has 100 valence electrons. The minimum absolute atomic E-state index is 0.369. The summed E-state index contributed by atoms with van der Waals surface area (Å²) in [7, 11) is 1.72. The largest absolute Gasteiger partial charge is 0.496 e. The Bertz CT molecular complexity index is 407. The van der Waals surface area contributed by atoms with Crippen LogP contribution < -0.4 is 10.1 Å². The Morgan fingerprint density at radius 3 is 2.78 bits per heavy atom. The second-order valence-corrected chi connectivity index (χ2v) is 5.63. The van der Waals surface area contributed by atoms with E-state index >= 15 is 0 Å². The van der Waals surface area contributed by atoms with Gasteiger partial charge in [0.05, 0.1) is 7.11 Å². The van der Waals surface area contributed by atoms with E-state index in [0.29, 0.717) is 12.0 Å². The molecular weight excluding hydrogens is 246 g/mol. The van der Waals surface area contributed by atoms with Gasteiger partial charge in [-0.2, -0.15) is 0 Å². The summed E-state index contributed by atoms with van der Waals surface area (Å²) < 4.78 is 5.48. The second-order valence-electron chi connectivity index (χ2n) is 5.19. The molecular formula is C15H22ClNO. The lowest BCUT2D eigenvalue weighted by molar-refractivity contribution is 0.387. The van der Waals surface area contributed by atoms with Crippen molar-refractivity contribution in [2.45, 2.75) is 32.7 Å². The summed E-state index contributed by atoms with van der Waals surface area (Å²) in [6, 6.07) is 6.26. The normalized spacial score (nSPS) is 23.8. The fraction of sp³-hybridized carbons (Fsp3) is 0.600. The molecule has 1 aromatic carbocycles. The van der Waals surface area contributed by atoms with Gasteiger partial charge in [-0.3, -0.25) is 0 Å².